The molecular formula is C29H27NO7. The fourth-order valence-electron chi connectivity index (χ4n) is 4.26. The van der Waals surface area contributed by atoms with Crippen molar-refractivity contribution in [2.45, 2.75) is 32.9 Å². The monoisotopic (exact) mass is 501 g/mol. The summed E-state index contributed by atoms with van der Waals surface area (Å²) in [5.74, 6) is -2.26. The first-order chi connectivity index (χ1) is 17.6. The van der Waals surface area contributed by atoms with Crippen molar-refractivity contribution in [1.82, 2.24) is 0 Å². The van der Waals surface area contributed by atoms with E-state index in [1.807, 2.05) is 6.92 Å². The van der Waals surface area contributed by atoms with Crippen LogP contribution in [0.5, 0.6) is 11.5 Å². The zero-order chi connectivity index (χ0) is 26.9. The van der Waals surface area contributed by atoms with Gasteiger partial charge in [0.05, 0.1) is 36.0 Å². The van der Waals surface area contributed by atoms with Crippen LogP contribution in [0.1, 0.15) is 46.9 Å². The average molecular weight is 502 g/mol. The summed E-state index contributed by atoms with van der Waals surface area (Å²) >= 11 is 0. The Morgan fingerprint density at radius 3 is 2.22 bits per heavy atom. The molecule has 8 heteroatoms. The van der Waals surface area contributed by atoms with Gasteiger partial charge in [-0.25, -0.2) is 4.79 Å². The molecular weight excluding hydrogens is 474 g/mol. The van der Waals surface area contributed by atoms with Gasteiger partial charge < -0.3 is 19.7 Å². The Kier molecular flexibility index (Phi) is 7.02. The number of phenolic OH excluding ortho intramolecular Hbond substituents is 1. The van der Waals surface area contributed by atoms with Gasteiger partial charge in [-0.1, -0.05) is 23.8 Å². The number of hydrogen-bond acceptors (Lipinski definition) is 7. The molecule has 0 bridgehead atoms. The molecule has 1 unspecified atom stereocenters. The van der Waals surface area contributed by atoms with Gasteiger partial charge in [0.15, 0.2) is 0 Å². The van der Waals surface area contributed by atoms with E-state index in [2.05, 4.69) is 0 Å². The van der Waals surface area contributed by atoms with Gasteiger partial charge in [-0.2, -0.15) is 0 Å². The number of nitrogens with zero attached hydrogens (tertiary/aromatic N) is 1. The Balaban J connectivity index is 1.88. The number of amides is 1. The second-order valence-corrected chi connectivity index (χ2v) is 8.97. The van der Waals surface area contributed by atoms with Crippen LogP contribution in [-0.2, 0) is 14.3 Å². The van der Waals surface area contributed by atoms with E-state index in [9.17, 15) is 24.6 Å². The van der Waals surface area contributed by atoms with Crippen molar-refractivity contribution in [2.75, 3.05) is 12.0 Å². The number of Topliss-reactive ketones (excluding diaryl/α,β-unsaturated/α-hetero) is 1. The van der Waals surface area contributed by atoms with E-state index >= 15 is 0 Å². The minimum atomic E-state index is -1.00. The largest absolute Gasteiger partial charge is 0.508 e. The highest BCUT2D eigenvalue weighted by molar-refractivity contribution is 6.51. The summed E-state index contributed by atoms with van der Waals surface area (Å²) in [6.45, 7) is 5.32. The van der Waals surface area contributed by atoms with E-state index in [0.29, 0.717) is 22.6 Å². The van der Waals surface area contributed by atoms with E-state index < -0.39 is 23.7 Å². The number of rotatable bonds is 6. The number of aliphatic hydroxyl groups is 1. The SMILES string of the molecule is COc1ccc(C)cc1/C(O)=C1\C(=O)C(=O)N(c2ccc(C(=O)OC(C)C)cc2)C1c1ccc(O)cc1. The number of aryl methyl sites for hydroxylation is 1. The van der Waals surface area contributed by atoms with Crippen LogP contribution in [0.3, 0.4) is 0 Å². The number of esters is 1. The number of hydrogen-bond donors (Lipinski definition) is 2. The summed E-state index contributed by atoms with van der Waals surface area (Å²) in [6, 6.07) is 16.3. The number of carbonyl (C=O) groups is 3. The van der Waals surface area contributed by atoms with Crippen molar-refractivity contribution in [3.63, 3.8) is 0 Å². The molecule has 1 aliphatic heterocycles. The van der Waals surface area contributed by atoms with E-state index in [4.69, 9.17) is 9.47 Å². The fourth-order valence-corrected chi connectivity index (χ4v) is 4.26. The summed E-state index contributed by atoms with van der Waals surface area (Å²) < 4.78 is 10.6. The Bertz CT molecular complexity index is 1390. The van der Waals surface area contributed by atoms with Crippen LogP contribution in [0.15, 0.2) is 72.3 Å². The van der Waals surface area contributed by atoms with Crippen molar-refractivity contribution in [2.24, 2.45) is 0 Å². The van der Waals surface area contributed by atoms with Crippen LogP contribution in [0.2, 0.25) is 0 Å². The number of aliphatic hydroxyl groups excluding tert-OH is 1. The summed E-state index contributed by atoms with van der Waals surface area (Å²) in [4.78, 5) is 40.2. The third kappa shape index (κ3) is 4.91. The lowest BCUT2D eigenvalue weighted by Crippen LogP contribution is -2.29. The quantitative estimate of drug-likeness (QED) is 0.214. The molecule has 1 fully saturated rings. The first-order valence-electron chi connectivity index (χ1n) is 11.7. The highest BCUT2D eigenvalue weighted by atomic mass is 16.5. The molecule has 1 atom stereocenters. The topological polar surface area (TPSA) is 113 Å². The van der Waals surface area contributed by atoms with Gasteiger partial charge in [-0.05, 0) is 74.9 Å². The van der Waals surface area contributed by atoms with Gasteiger partial charge in [0.25, 0.3) is 11.7 Å². The molecule has 1 heterocycles. The van der Waals surface area contributed by atoms with Gasteiger partial charge in [-0.15, -0.1) is 0 Å². The van der Waals surface area contributed by atoms with Crippen LogP contribution >= 0.6 is 0 Å². The first kappa shape index (κ1) is 25.5. The number of ether oxygens (including phenoxy) is 2. The van der Waals surface area contributed by atoms with Gasteiger partial charge in [0.2, 0.25) is 0 Å². The minimum Gasteiger partial charge on any atom is -0.508 e. The van der Waals surface area contributed by atoms with E-state index in [-0.39, 0.29) is 28.7 Å². The number of anilines is 1. The van der Waals surface area contributed by atoms with E-state index in [0.717, 1.165) is 5.56 Å². The van der Waals surface area contributed by atoms with Crippen molar-refractivity contribution in [3.8, 4) is 11.5 Å². The van der Waals surface area contributed by atoms with Crippen molar-refractivity contribution in [1.29, 1.82) is 0 Å². The maximum absolute atomic E-state index is 13.4. The molecule has 0 radical (unpaired) electrons. The highest BCUT2D eigenvalue weighted by Crippen LogP contribution is 2.43. The lowest BCUT2D eigenvalue weighted by molar-refractivity contribution is -0.132. The molecule has 1 saturated heterocycles. The Morgan fingerprint density at radius 1 is 0.973 bits per heavy atom. The molecule has 3 aromatic carbocycles. The third-order valence-corrected chi connectivity index (χ3v) is 5.99. The Hall–Kier alpha value is -4.59. The molecule has 190 valence electrons. The molecule has 2 N–H and O–H groups in total. The number of phenols is 1. The second kappa shape index (κ2) is 10.2. The number of carbonyl (C=O) groups excluding carboxylic acids is 3. The van der Waals surface area contributed by atoms with Gasteiger partial charge in [0, 0.05) is 5.69 Å². The maximum Gasteiger partial charge on any atom is 0.338 e. The number of aromatic hydroxyl groups is 1. The summed E-state index contributed by atoms with van der Waals surface area (Å²) in [5, 5.41) is 21.2. The van der Waals surface area contributed by atoms with Crippen LogP contribution in [0, 0.1) is 6.92 Å². The molecule has 1 amide bonds. The Labute approximate surface area is 214 Å². The first-order valence-corrected chi connectivity index (χ1v) is 11.7. The summed E-state index contributed by atoms with van der Waals surface area (Å²) in [5.41, 5.74) is 2.10. The van der Waals surface area contributed by atoms with Crippen LogP contribution < -0.4 is 9.64 Å². The van der Waals surface area contributed by atoms with Crippen molar-refractivity contribution in [3.05, 3.63) is 94.6 Å². The van der Waals surface area contributed by atoms with Crippen LogP contribution in [-0.4, -0.2) is 41.1 Å². The maximum atomic E-state index is 13.4. The molecule has 0 saturated carbocycles. The second-order valence-electron chi connectivity index (χ2n) is 8.97. The van der Waals surface area contributed by atoms with Crippen molar-refractivity contribution >= 4 is 29.1 Å². The number of benzene rings is 3. The van der Waals surface area contributed by atoms with Crippen molar-refractivity contribution < 1.29 is 34.1 Å². The lowest BCUT2D eigenvalue weighted by Gasteiger charge is -2.26. The average Bonchev–Trinajstić information content (AvgIpc) is 3.14. The normalized spacial score (nSPS) is 16.8. The molecule has 37 heavy (non-hydrogen) atoms. The minimum absolute atomic E-state index is 0.00840. The highest BCUT2D eigenvalue weighted by Gasteiger charge is 2.47. The zero-order valence-electron chi connectivity index (χ0n) is 20.9. The molecule has 0 aromatic heterocycles. The molecule has 0 spiro atoms. The predicted molar refractivity (Wildman–Crippen MR) is 138 cm³/mol. The molecule has 0 aliphatic carbocycles. The number of methoxy groups -OCH3 is 1. The third-order valence-electron chi connectivity index (χ3n) is 5.99. The predicted octanol–water partition coefficient (Wildman–Crippen LogP) is 4.90. The summed E-state index contributed by atoms with van der Waals surface area (Å²) in [6.07, 6.45) is -0.293. The zero-order valence-corrected chi connectivity index (χ0v) is 20.9. The standard InChI is InChI=1S/C29H27NO7/c1-16(2)37-29(35)19-6-10-20(11-7-19)30-25(18-8-12-21(31)13-9-18)24(27(33)28(30)34)26(32)22-15-17(3)5-14-23(22)36-4/h5-16,25,31-32H,1-4H3/b26-24+. The van der Waals surface area contributed by atoms with Gasteiger partial charge >= 0.3 is 5.97 Å². The Morgan fingerprint density at radius 2 is 1.62 bits per heavy atom. The summed E-state index contributed by atoms with van der Waals surface area (Å²) in [7, 11) is 1.45. The molecule has 8 nitrogen and oxygen atoms in total. The fraction of sp³-hybridized carbons (Fsp3) is 0.207. The molecule has 3 aromatic rings. The molecule has 1 aliphatic rings. The number of ketones is 1. The van der Waals surface area contributed by atoms with E-state index in [1.165, 1.54) is 36.3 Å². The van der Waals surface area contributed by atoms with E-state index in [1.54, 1.807) is 56.3 Å². The van der Waals surface area contributed by atoms with Crippen LogP contribution in [0.25, 0.3) is 5.76 Å². The van der Waals surface area contributed by atoms with Gasteiger partial charge in [0.1, 0.15) is 17.3 Å². The lowest BCUT2D eigenvalue weighted by atomic mass is 9.94. The van der Waals surface area contributed by atoms with Crippen LogP contribution in [0.4, 0.5) is 5.69 Å². The smallest absolute Gasteiger partial charge is 0.338 e. The van der Waals surface area contributed by atoms with Gasteiger partial charge in [-0.3, -0.25) is 14.5 Å². The molecule has 4 rings (SSSR count).